The Morgan fingerprint density at radius 1 is 1.26 bits per heavy atom. The normalized spacial score (nSPS) is 33.3. The molecule has 0 spiro atoms. The summed E-state index contributed by atoms with van der Waals surface area (Å²) in [7, 11) is 4.27. The van der Waals surface area contributed by atoms with Gasteiger partial charge in [0.25, 0.3) is 5.91 Å². The Kier molecular flexibility index (Phi) is 5.09. The summed E-state index contributed by atoms with van der Waals surface area (Å²) in [4.78, 5) is 17.6. The van der Waals surface area contributed by atoms with Gasteiger partial charge in [0.1, 0.15) is 18.0 Å². The standard InChI is InChI=1S/C18H30N8O/c1-12-17(18(27)22-14-6-8-19-11-20-14)26-15(21-12)4-5-16(23-26)25-9-7-13(10-25)24(2)3/h4-6,8,13-16,19-21,23H,7,9-11H2,1-3H3,(H,22,27)/t13-,14?,15?,16?/m0/s1. The first-order chi connectivity index (χ1) is 13.0. The molecule has 4 rings (SSSR count). The Bertz CT molecular complexity index is 672. The molecule has 4 heterocycles. The molecule has 0 bridgehead atoms. The SMILES string of the molecule is CC1=C(C(=O)NC2C=CNCN2)N2NC(N3CC[C@H](N(C)C)C3)C=CC2N1. The van der Waals surface area contributed by atoms with Gasteiger partial charge in [-0.3, -0.25) is 20.0 Å². The predicted molar refractivity (Wildman–Crippen MR) is 103 cm³/mol. The van der Waals surface area contributed by atoms with Gasteiger partial charge in [-0.25, -0.2) is 5.43 Å². The molecule has 1 saturated heterocycles. The molecule has 0 aromatic heterocycles. The van der Waals surface area contributed by atoms with Crippen molar-refractivity contribution < 1.29 is 4.79 Å². The first-order valence-electron chi connectivity index (χ1n) is 9.59. The van der Waals surface area contributed by atoms with Crippen molar-refractivity contribution in [2.75, 3.05) is 33.9 Å². The Morgan fingerprint density at radius 2 is 2.07 bits per heavy atom. The van der Waals surface area contributed by atoms with Crippen LogP contribution in [0.15, 0.2) is 35.8 Å². The summed E-state index contributed by atoms with van der Waals surface area (Å²) in [5, 5.41) is 14.6. The minimum Gasteiger partial charge on any atom is -0.378 e. The maximum Gasteiger partial charge on any atom is 0.272 e. The summed E-state index contributed by atoms with van der Waals surface area (Å²) in [6, 6.07) is 0.576. The fourth-order valence-electron chi connectivity index (χ4n) is 4.04. The molecule has 0 aromatic carbocycles. The molecular formula is C18H30N8O. The number of rotatable bonds is 4. The average molecular weight is 374 g/mol. The van der Waals surface area contributed by atoms with Gasteiger partial charge < -0.3 is 20.9 Å². The van der Waals surface area contributed by atoms with E-state index in [0.29, 0.717) is 18.4 Å². The van der Waals surface area contributed by atoms with Crippen LogP contribution in [0.3, 0.4) is 0 Å². The van der Waals surface area contributed by atoms with Crippen LogP contribution >= 0.6 is 0 Å². The number of allylic oxidation sites excluding steroid dienone is 1. The zero-order valence-corrected chi connectivity index (χ0v) is 16.2. The van der Waals surface area contributed by atoms with Gasteiger partial charge >= 0.3 is 0 Å². The van der Waals surface area contributed by atoms with Crippen molar-refractivity contribution in [1.29, 1.82) is 0 Å². The number of hydrazine groups is 1. The van der Waals surface area contributed by atoms with Crippen LogP contribution in [0.25, 0.3) is 0 Å². The van der Waals surface area contributed by atoms with Crippen LogP contribution in [0.1, 0.15) is 13.3 Å². The zero-order chi connectivity index (χ0) is 19.0. The maximum atomic E-state index is 12.9. The fourth-order valence-corrected chi connectivity index (χ4v) is 4.04. The summed E-state index contributed by atoms with van der Waals surface area (Å²) in [5.74, 6) is -0.0966. The number of nitrogens with one attached hydrogen (secondary N) is 5. The zero-order valence-electron chi connectivity index (χ0n) is 16.2. The molecular weight excluding hydrogens is 344 g/mol. The third-order valence-electron chi connectivity index (χ3n) is 5.64. The van der Waals surface area contributed by atoms with E-state index in [-0.39, 0.29) is 24.4 Å². The first-order valence-corrected chi connectivity index (χ1v) is 9.59. The van der Waals surface area contributed by atoms with Crippen LogP contribution in [0.4, 0.5) is 0 Å². The highest BCUT2D eigenvalue weighted by Gasteiger charge is 2.38. The lowest BCUT2D eigenvalue weighted by atomic mass is 10.2. The molecule has 0 aliphatic carbocycles. The topological polar surface area (TPSA) is 86.9 Å². The average Bonchev–Trinajstić information content (AvgIpc) is 3.26. The second-order valence-electron chi connectivity index (χ2n) is 7.69. The number of likely N-dealkylation sites (tertiary alicyclic amines) is 1. The molecule has 5 N–H and O–H groups in total. The van der Waals surface area contributed by atoms with Gasteiger partial charge in [0.15, 0.2) is 0 Å². The molecule has 9 nitrogen and oxygen atoms in total. The third kappa shape index (κ3) is 3.68. The van der Waals surface area contributed by atoms with Gasteiger partial charge in [0.2, 0.25) is 0 Å². The molecule has 0 aromatic rings. The number of hydrogen-bond acceptors (Lipinski definition) is 8. The molecule has 0 saturated carbocycles. The quantitative estimate of drug-likeness (QED) is 0.384. The second kappa shape index (κ2) is 7.51. The number of carbonyl (C=O) groups excluding carboxylic acids is 1. The van der Waals surface area contributed by atoms with E-state index >= 15 is 0 Å². The highest BCUT2D eigenvalue weighted by molar-refractivity contribution is 5.94. The summed E-state index contributed by atoms with van der Waals surface area (Å²) in [6.45, 7) is 4.65. The summed E-state index contributed by atoms with van der Waals surface area (Å²) in [6.07, 6.45) is 9.13. The van der Waals surface area contributed by atoms with Crippen LogP contribution in [-0.2, 0) is 4.79 Å². The van der Waals surface area contributed by atoms with Crippen molar-refractivity contribution in [3.05, 3.63) is 35.8 Å². The largest absolute Gasteiger partial charge is 0.378 e. The van der Waals surface area contributed by atoms with Crippen molar-refractivity contribution in [3.8, 4) is 0 Å². The van der Waals surface area contributed by atoms with Crippen LogP contribution < -0.4 is 26.7 Å². The van der Waals surface area contributed by atoms with E-state index in [9.17, 15) is 4.79 Å². The maximum absolute atomic E-state index is 12.9. The van der Waals surface area contributed by atoms with Gasteiger partial charge in [-0.15, -0.1) is 0 Å². The summed E-state index contributed by atoms with van der Waals surface area (Å²) < 4.78 is 0. The van der Waals surface area contributed by atoms with Crippen molar-refractivity contribution in [2.45, 2.75) is 37.9 Å². The highest BCUT2D eigenvalue weighted by Crippen LogP contribution is 2.25. The number of hydrogen-bond donors (Lipinski definition) is 5. The van der Waals surface area contributed by atoms with Crippen molar-refractivity contribution >= 4 is 5.91 Å². The minimum absolute atomic E-state index is 0.0363. The molecule has 3 unspecified atom stereocenters. The van der Waals surface area contributed by atoms with Gasteiger partial charge in [-0.2, -0.15) is 0 Å². The van der Waals surface area contributed by atoms with Crippen LogP contribution in [0, 0.1) is 0 Å². The molecule has 0 radical (unpaired) electrons. The molecule has 4 aliphatic heterocycles. The first kappa shape index (κ1) is 18.3. The van der Waals surface area contributed by atoms with Gasteiger partial charge in [-0.1, -0.05) is 6.08 Å². The second-order valence-corrected chi connectivity index (χ2v) is 7.69. The number of nitrogens with zero attached hydrogens (tertiary/aromatic N) is 3. The number of likely N-dealkylation sites (N-methyl/N-ethyl adjacent to an activating group) is 1. The molecule has 148 valence electrons. The lowest BCUT2D eigenvalue weighted by Crippen LogP contribution is -2.59. The summed E-state index contributed by atoms with van der Waals surface area (Å²) >= 11 is 0. The van der Waals surface area contributed by atoms with Crippen molar-refractivity contribution in [1.82, 2.24) is 41.5 Å². The molecule has 9 heteroatoms. The summed E-state index contributed by atoms with van der Waals surface area (Å²) in [5.41, 5.74) is 5.06. The van der Waals surface area contributed by atoms with E-state index in [1.807, 2.05) is 24.2 Å². The smallest absolute Gasteiger partial charge is 0.272 e. The number of carbonyl (C=O) groups is 1. The highest BCUT2D eigenvalue weighted by atomic mass is 16.2. The van der Waals surface area contributed by atoms with Crippen molar-refractivity contribution in [2.24, 2.45) is 0 Å². The molecule has 1 fully saturated rings. The van der Waals surface area contributed by atoms with E-state index in [4.69, 9.17) is 0 Å². The third-order valence-corrected chi connectivity index (χ3v) is 5.64. The Hall–Kier alpha value is -2.07. The van der Waals surface area contributed by atoms with Gasteiger partial charge in [-0.05, 0) is 45.8 Å². The van der Waals surface area contributed by atoms with E-state index in [1.165, 1.54) is 0 Å². The van der Waals surface area contributed by atoms with Crippen molar-refractivity contribution in [3.63, 3.8) is 0 Å². The lowest BCUT2D eigenvalue weighted by Gasteiger charge is -2.38. The minimum atomic E-state index is -0.173. The lowest BCUT2D eigenvalue weighted by molar-refractivity contribution is -0.120. The van der Waals surface area contributed by atoms with Gasteiger partial charge in [0, 0.05) is 24.8 Å². The molecule has 27 heavy (non-hydrogen) atoms. The number of fused-ring (bicyclic) bond motifs is 1. The van der Waals surface area contributed by atoms with E-state index in [0.717, 1.165) is 25.2 Å². The van der Waals surface area contributed by atoms with Crippen LogP contribution in [-0.4, -0.2) is 79.1 Å². The monoisotopic (exact) mass is 374 g/mol. The molecule has 4 aliphatic rings. The Balaban J connectivity index is 1.43. The van der Waals surface area contributed by atoms with E-state index in [2.05, 4.69) is 62.7 Å². The van der Waals surface area contributed by atoms with E-state index < -0.39 is 0 Å². The van der Waals surface area contributed by atoms with Gasteiger partial charge in [0.05, 0.1) is 12.8 Å². The van der Waals surface area contributed by atoms with E-state index in [1.54, 1.807) is 0 Å². The Morgan fingerprint density at radius 3 is 2.78 bits per heavy atom. The molecule has 1 amide bonds. The van der Waals surface area contributed by atoms with Crippen LogP contribution in [0.2, 0.25) is 0 Å². The predicted octanol–water partition coefficient (Wildman–Crippen LogP) is -1.41. The molecule has 4 atom stereocenters. The number of amides is 1. The van der Waals surface area contributed by atoms with Crippen LogP contribution in [0.5, 0.6) is 0 Å². The Labute approximate surface area is 160 Å². The fraction of sp³-hybridized carbons (Fsp3) is 0.611.